The topological polar surface area (TPSA) is 80.7 Å². The van der Waals surface area contributed by atoms with E-state index in [0.717, 1.165) is 38.5 Å². The Morgan fingerprint density at radius 2 is 1.97 bits per heavy atom. The molecule has 0 spiro atoms. The van der Waals surface area contributed by atoms with Gasteiger partial charge in [-0.15, -0.1) is 0 Å². The average molecular weight is 403 g/mol. The molecule has 0 aromatic carbocycles. The van der Waals surface area contributed by atoms with Crippen molar-refractivity contribution in [3.63, 3.8) is 0 Å². The molecule has 0 heterocycles. The van der Waals surface area contributed by atoms with Gasteiger partial charge in [0.25, 0.3) is 0 Å². The van der Waals surface area contributed by atoms with Gasteiger partial charge in [0.2, 0.25) is 0 Å². The van der Waals surface area contributed by atoms with E-state index in [1.54, 1.807) is 0 Å². The van der Waals surface area contributed by atoms with Gasteiger partial charge in [-0.3, -0.25) is 14.4 Å². The van der Waals surface area contributed by atoms with Gasteiger partial charge in [0.05, 0.1) is 0 Å². The fourth-order valence-electron chi connectivity index (χ4n) is 7.52. The number of ether oxygens (including phenoxy) is 1. The number of allylic oxidation sites excluding steroid dienone is 1. The van der Waals surface area contributed by atoms with Crippen LogP contribution in [0.3, 0.4) is 0 Å². The zero-order chi connectivity index (χ0) is 20.8. The van der Waals surface area contributed by atoms with E-state index in [2.05, 4.69) is 13.8 Å². The highest BCUT2D eigenvalue weighted by Crippen LogP contribution is 2.64. The minimum atomic E-state index is -0.868. The molecule has 0 bridgehead atoms. The molecule has 0 radical (unpaired) electrons. The van der Waals surface area contributed by atoms with E-state index in [0.29, 0.717) is 48.2 Å². The van der Waals surface area contributed by atoms with E-state index < -0.39 is 5.97 Å². The largest absolute Gasteiger partial charge is 0.481 e. The lowest BCUT2D eigenvalue weighted by molar-refractivity contribution is -0.161. The molecule has 29 heavy (non-hydrogen) atoms. The van der Waals surface area contributed by atoms with Crippen LogP contribution in [0.1, 0.15) is 78.1 Å². The number of ketones is 1. The number of aliphatic carboxylic acids is 1. The van der Waals surface area contributed by atoms with Gasteiger partial charge in [0, 0.05) is 24.7 Å². The molecule has 0 aromatic heterocycles. The third kappa shape index (κ3) is 3.77. The first-order chi connectivity index (χ1) is 13.8. The first-order valence-electron chi connectivity index (χ1n) is 11.4. The molecule has 7 atom stereocenters. The summed E-state index contributed by atoms with van der Waals surface area (Å²) in [5, 5.41) is 8.77. The standard InChI is InChI=1S/C24H34O5/c1-14-13-24(2)19(10-11-20(24)29-22(28)5-3-4-21(26)27)18-8-6-15-12-16(25)7-9-17(15)23(14)18/h12,14,17-20,23H,3-11,13H2,1-2H3,(H,26,27)/t14-,17?,18?,19?,20-,23?,24-/m0/s1. The third-order valence-electron chi connectivity index (χ3n) is 8.55. The van der Waals surface area contributed by atoms with Crippen LogP contribution in [0.5, 0.6) is 0 Å². The summed E-state index contributed by atoms with van der Waals surface area (Å²) in [6, 6.07) is 0. The zero-order valence-corrected chi connectivity index (χ0v) is 17.7. The monoisotopic (exact) mass is 402 g/mol. The van der Waals surface area contributed by atoms with Gasteiger partial charge in [0.1, 0.15) is 6.10 Å². The van der Waals surface area contributed by atoms with Crippen LogP contribution >= 0.6 is 0 Å². The molecule has 5 heteroatoms. The molecule has 0 aromatic rings. The lowest BCUT2D eigenvalue weighted by Gasteiger charge is -2.56. The number of carbonyl (C=O) groups is 3. The first-order valence-corrected chi connectivity index (χ1v) is 11.4. The predicted molar refractivity (Wildman–Crippen MR) is 108 cm³/mol. The second-order valence-electron chi connectivity index (χ2n) is 10.2. The Balaban J connectivity index is 1.46. The third-order valence-corrected chi connectivity index (χ3v) is 8.55. The molecule has 0 saturated heterocycles. The van der Waals surface area contributed by atoms with E-state index in [1.165, 1.54) is 5.57 Å². The van der Waals surface area contributed by atoms with Crippen LogP contribution in [-0.2, 0) is 19.1 Å². The van der Waals surface area contributed by atoms with Crippen molar-refractivity contribution in [3.05, 3.63) is 11.6 Å². The van der Waals surface area contributed by atoms with Crippen LogP contribution in [0.15, 0.2) is 11.6 Å². The Morgan fingerprint density at radius 1 is 1.17 bits per heavy atom. The summed E-state index contributed by atoms with van der Waals surface area (Å²) in [6.07, 6.45) is 9.48. The van der Waals surface area contributed by atoms with Crippen molar-refractivity contribution in [1.82, 2.24) is 0 Å². The van der Waals surface area contributed by atoms with Crippen molar-refractivity contribution in [3.8, 4) is 0 Å². The van der Waals surface area contributed by atoms with Crippen LogP contribution < -0.4 is 0 Å². The highest BCUT2D eigenvalue weighted by molar-refractivity contribution is 5.91. The van der Waals surface area contributed by atoms with Crippen LogP contribution in [0, 0.1) is 35.0 Å². The summed E-state index contributed by atoms with van der Waals surface area (Å²) in [5.41, 5.74) is 1.42. The maximum Gasteiger partial charge on any atom is 0.306 e. The van der Waals surface area contributed by atoms with E-state index in [9.17, 15) is 14.4 Å². The minimum Gasteiger partial charge on any atom is -0.481 e. The number of hydrogen-bond donors (Lipinski definition) is 1. The maximum absolute atomic E-state index is 12.3. The van der Waals surface area contributed by atoms with E-state index in [4.69, 9.17) is 9.84 Å². The SMILES string of the molecule is C[C@H]1C[C@@]2(C)C(CC[C@@H]2OC(=O)CCCC(=O)O)C2CCC3=CC(=O)CCC3C21. The molecule has 3 fully saturated rings. The van der Waals surface area contributed by atoms with Gasteiger partial charge in [-0.2, -0.15) is 0 Å². The second-order valence-corrected chi connectivity index (χ2v) is 10.2. The van der Waals surface area contributed by atoms with E-state index in [-0.39, 0.29) is 30.3 Å². The van der Waals surface area contributed by atoms with Gasteiger partial charge in [-0.05, 0) is 80.6 Å². The molecule has 4 aliphatic carbocycles. The Morgan fingerprint density at radius 3 is 2.72 bits per heavy atom. The molecule has 1 N–H and O–H groups in total. The molecule has 160 valence electrons. The zero-order valence-electron chi connectivity index (χ0n) is 17.7. The number of fused-ring (bicyclic) bond motifs is 5. The van der Waals surface area contributed by atoms with Crippen molar-refractivity contribution in [2.45, 2.75) is 84.2 Å². The number of hydrogen-bond acceptors (Lipinski definition) is 4. The lowest BCUT2D eigenvalue weighted by atomic mass is 9.49. The summed E-state index contributed by atoms with van der Waals surface area (Å²) in [6.45, 7) is 4.69. The fourth-order valence-corrected chi connectivity index (χ4v) is 7.52. The van der Waals surface area contributed by atoms with E-state index >= 15 is 0 Å². The molecular weight excluding hydrogens is 368 g/mol. The summed E-state index contributed by atoms with van der Waals surface area (Å²) < 4.78 is 5.93. The van der Waals surface area contributed by atoms with Crippen molar-refractivity contribution >= 4 is 17.7 Å². The Kier molecular flexibility index (Phi) is 5.60. The lowest BCUT2D eigenvalue weighted by Crippen LogP contribution is -2.51. The van der Waals surface area contributed by atoms with Crippen molar-refractivity contribution in [2.24, 2.45) is 35.0 Å². The smallest absolute Gasteiger partial charge is 0.306 e. The predicted octanol–water partition coefficient (Wildman–Crippen LogP) is 4.54. The summed E-state index contributed by atoms with van der Waals surface area (Å²) >= 11 is 0. The van der Waals surface area contributed by atoms with Gasteiger partial charge in [-0.1, -0.05) is 19.4 Å². The second kappa shape index (κ2) is 7.88. The molecule has 0 amide bonds. The van der Waals surface area contributed by atoms with Crippen molar-refractivity contribution < 1.29 is 24.2 Å². The highest BCUT2D eigenvalue weighted by Gasteiger charge is 2.59. The summed E-state index contributed by atoms with van der Waals surface area (Å²) in [7, 11) is 0. The molecular formula is C24H34O5. The van der Waals surface area contributed by atoms with Gasteiger partial charge in [0.15, 0.2) is 5.78 Å². The molecule has 3 saturated carbocycles. The maximum atomic E-state index is 12.3. The van der Waals surface area contributed by atoms with E-state index in [1.807, 2.05) is 6.08 Å². The van der Waals surface area contributed by atoms with Crippen molar-refractivity contribution in [2.75, 3.05) is 0 Å². The van der Waals surface area contributed by atoms with Crippen LogP contribution in [0.4, 0.5) is 0 Å². The minimum absolute atomic E-state index is 0.0141. The van der Waals surface area contributed by atoms with Gasteiger partial charge in [-0.25, -0.2) is 0 Å². The van der Waals surface area contributed by atoms with Gasteiger partial charge >= 0.3 is 11.9 Å². The van der Waals surface area contributed by atoms with Gasteiger partial charge < -0.3 is 9.84 Å². The number of carbonyl (C=O) groups excluding carboxylic acids is 2. The Bertz CT molecular complexity index is 725. The fraction of sp³-hybridized carbons (Fsp3) is 0.792. The van der Waals surface area contributed by atoms with Crippen LogP contribution in [0.25, 0.3) is 0 Å². The quantitative estimate of drug-likeness (QED) is 0.683. The van der Waals surface area contributed by atoms with Crippen LogP contribution in [0.2, 0.25) is 0 Å². The highest BCUT2D eigenvalue weighted by atomic mass is 16.5. The number of esters is 1. The Hall–Kier alpha value is -1.65. The molecule has 4 rings (SSSR count). The summed E-state index contributed by atoms with van der Waals surface area (Å²) in [4.78, 5) is 34.9. The number of carboxylic acids is 1. The number of carboxylic acid groups (broad SMARTS) is 1. The van der Waals surface area contributed by atoms with Crippen LogP contribution in [-0.4, -0.2) is 28.9 Å². The first kappa shape index (κ1) is 20.6. The molecule has 4 unspecified atom stereocenters. The molecule has 4 aliphatic rings. The normalized spacial score (nSPS) is 41.0. The molecule has 0 aliphatic heterocycles. The van der Waals surface area contributed by atoms with Crippen molar-refractivity contribution in [1.29, 1.82) is 0 Å². The average Bonchev–Trinajstić information content (AvgIpc) is 2.96. The summed E-state index contributed by atoms with van der Waals surface area (Å²) in [5.74, 6) is 2.23. The Labute approximate surface area is 173 Å². The number of rotatable bonds is 5. The molecule has 5 nitrogen and oxygen atoms in total.